The average molecular weight is 299 g/mol. The molecule has 0 saturated carbocycles. The number of benzene rings is 2. The minimum atomic E-state index is -0.724. The average Bonchev–Trinajstić information content (AvgIpc) is 2.32. The first-order valence-electron chi connectivity index (χ1n) is 5.84. The van der Waals surface area contributed by atoms with Crippen molar-refractivity contribution >= 4 is 17.4 Å². The van der Waals surface area contributed by atoms with Gasteiger partial charge in [0.25, 0.3) is 0 Å². The van der Waals surface area contributed by atoms with Crippen molar-refractivity contribution in [2.24, 2.45) is 0 Å². The molecule has 2 rings (SSSR count). The van der Waals surface area contributed by atoms with Gasteiger partial charge in [-0.2, -0.15) is 0 Å². The van der Waals surface area contributed by atoms with Gasteiger partial charge in [0.2, 0.25) is 0 Å². The maximum atomic E-state index is 13.0. The number of Topliss-reactive ketones (excluding diaryl/α,β-unsaturated/α-hetero) is 1. The monoisotopic (exact) mass is 298 g/mol. The molecule has 0 aliphatic rings. The maximum Gasteiger partial charge on any atom is 0.141 e. The molecule has 0 unspecified atom stereocenters. The van der Waals surface area contributed by atoms with E-state index in [0.717, 1.165) is 18.2 Å². The van der Waals surface area contributed by atoms with E-state index in [-0.39, 0.29) is 29.2 Å². The van der Waals surface area contributed by atoms with E-state index in [1.54, 1.807) is 0 Å². The molecule has 0 bridgehead atoms. The Balaban J connectivity index is 2.06. The van der Waals surface area contributed by atoms with Crippen LogP contribution in [0.1, 0.15) is 11.1 Å². The van der Waals surface area contributed by atoms with Crippen molar-refractivity contribution in [3.05, 3.63) is 70.0 Å². The second-order valence-electron chi connectivity index (χ2n) is 4.42. The zero-order chi connectivity index (χ0) is 14.7. The third-order valence-electron chi connectivity index (χ3n) is 2.71. The summed E-state index contributed by atoms with van der Waals surface area (Å²) in [5, 5.41) is -0.0629. The molecule has 0 saturated heterocycles. The van der Waals surface area contributed by atoms with Gasteiger partial charge >= 0.3 is 0 Å². The minimum Gasteiger partial charge on any atom is -0.299 e. The van der Waals surface area contributed by atoms with E-state index in [2.05, 4.69) is 0 Å². The fraction of sp³-hybridized carbons (Fsp3) is 0.133. The molecule has 0 N–H and O–H groups in total. The van der Waals surface area contributed by atoms with Crippen LogP contribution in [0.4, 0.5) is 13.2 Å². The Bertz CT molecular complexity index is 635. The molecule has 2 aromatic carbocycles. The molecular formula is C15H10ClF3O. The number of carbonyl (C=O) groups excluding carboxylic acids is 1. The highest BCUT2D eigenvalue weighted by Crippen LogP contribution is 2.17. The molecule has 0 aliphatic heterocycles. The summed E-state index contributed by atoms with van der Waals surface area (Å²) in [4.78, 5) is 11.8. The molecule has 0 atom stereocenters. The van der Waals surface area contributed by atoms with E-state index in [1.165, 1.54) is 18.2 Å². The van der Waals surface area contributed by atoms with Crippen molar-refractivity contribution in [1.82, 2.24) is 0 Å². The molecule has 0 spiro atoms. The third kappa shape index (κ3) is 3.84. The summed E-state index contributed by atoms with van der Waals surface area (Å²) in [5.74, 6) is -2.25. The van der Waals surface area contributed by atoms with Gasteiger partial charge in [0, 0.05) is 18.9 Å². The molecule has 0 aromatic heterocycles. The van der Waals surface area contributed by atoms with Gasteiger partial charge in [-0.05, 0) is 35.4 Å². The van der Waals surface area contributed by atoms with E-state index in [9.17, 15) is 18.0 Å². The Labute approximate surface area is 119 Å². The normalized spacial score (nSPS) is 10.6. The Kier molecular flexibility index (Phi) is 4.45. The van der Waals surface area contributed by atoms with Crippen molar-refractivity contribution in [2.75, 3.05) is 0 Å². The minimum absolute atomic E-state index is 0.0259. The highest BCUT2D eigenvalue weighted by molar-refractivity contribution is 6.30. The van der Waals surface area contributed by atoms with E-state index in [0.29, 0.717) is 5.56 Å². The molecular weight excluding hydrogens is 289 g/mol. The van der Waals surface area contributed by atoms with E-state index in [4.69, 9.17) is 11.6 Å². The van der Waals surface area contributed by atoms with Gasteiger partial charge in [0.1, 0.15) is 23.2 Å². The molecule has 0 radical (unpaired) electrons. The van der Waals surface area contributed by atoms with Crippen molar-refractivity contribution in [3.63, 3.8) is 0 Å². The first-order valence-corrected chi connectivity index (χ1v) is 6.22. The van der Waals surface area contributed by atoms with Crippen LogP contribution in [0.15, 0.2) is 36.4 Å². The number of halogens is 4. The largest absolute Gasteiger partial charge is 0.299 e. The maximum absolute atomic E-state index is 13.0. The molecule has 1 nitrogen and oxygen atoms in total. The fourth-order valence-electron chi connectivity index (χ4n) is 1.88. The summed E-state index contributed by atoms with van der Waals surface area (Å²) >= 11 is 5.61. The zero-order valence-electron chi connectivity index (χ0n) is 10.3. The number of ketones is 1. The quantitative estimate of drug-likeness (QED) is 0.830. The first-order chi connectivity index (χ1) is 9.44. The lowest BCUT2D eigenvalue weighted by molar-refractivity contribution is -0.117. The van der Waals surface area contributed by atoms with Crippen LogP contribution in [0.2, 0.25) is 5.02 Å². The van der Waals surface area contributed by atoms with Crippen LogP contribution in [0.25, 0.3) is 0 Å². The Morgan fingerprint density at radius 3 is 2.10 bits per heavy atom. The van der Waals surface area contributed by atoms with E-state index < -0.39 is 17.5 Å². The molecule has 0 aliphatic carbocycles. The van der Waals surface area contributed by atoms with E-state index in [1.807, 2.05) is 0 Å². The highest BCUT2D eigenvalue weighted by Gasteiger charge is 2.09. The predicted octanol–water partition coefficient (Wildman–Crippen LogP) is 4.11. The van der Waals surface area contributed by atoms with Crippen LogP contribution < -0.4 is 0 Å². The van der Waals surface area contributed by atoms with Gasteiger partial charge in [-0.15, -0.1) is 0 Å². The molecule has 0 fully saturated rings. The molecule has 0 heterocycles. The number of carbonyl (C=O) groups is 1. The summed E-state index contributed by atoms with van der Waals surface area (Å²) in [7, 11) is 0. The van der Waals surface area contributed by atoms with Gasteiger partial charge in [-0.3, -0.25) is 4.79 Å². The zero-order valence-corrected chi connectivity index (χ0v) is 11.1. The molecule has 5 heteroatoms. The fourth-order valence-corrected chi connectivity index (χ4v) is 2.08. The number of hydrogen-bond donors (Lipinski definition) is 0. The standard InChI is InChI=1S/C15H10ClF3O/c16-14-7-9(1-2-15(14)19)5-13(20)6-10-3-11(17)8-12(18)4-10/h1-4,7-8H,5-6H2. The molecule has 2 aromatic rings. The summed E-state index contributed by atoms with van der Waals surface area (Å²) < 4.78 is 39.0. The number of rotatable bonds is 4. The van der Waals surface area contributed by atoms with E-state index >= 15 is 0 Å². The lowest BCUT2D eigenvalue weighted by atomic mass is 10.0. The van der Waals surface area contributed by atoms with Crippen LogP contribution >= 0.6 is 11.6 Å². The van der Waals surface area contributed by atoms with Crippen molar-refractivity contribution in [1.29, 1.82) is 0 Å². The summed E-state index contributed by atoms with van der Waals surface area (Å²) in [6.07, 6.45) is -0.0677. The van der Waals surface area contributed by atoms with Gasteiger partial charge < -0.3 is 0 Å². The van der Waals surface area contributed by atoms with Crippen LogP contribution in [-0.4, -0.2) is 5.78 Å². The smallest absolute Gasteiger partial charge is 0.141 e. The summed E-state index contributed by atoms with van der Waals surface area (Å²) in [6.45, 7) is 0. The van der Waals surface area contributed by atoms with Crippen LogP contribution in [0.5, 0.6) is 0 Å². The lowest BCUT2D eigenvalue weighted by Crippen LogP contribution is -2.07. The van der Waals surface area contributed by atoms with Crippen LogP contribution in [0, 0.1) is 17.5 Å². The number of hydrogen-bond acceptors (Lipinski definition) is 1. The lowest BCUT2D eigenvalue weighted by Gasteiger charge is -2.04. The first kappa shape index (κ1) is 14.6. The highest BCUT2D eigenvalue weighted by atomic mass is 35.5. The van der Waals surface area contributed by atoms with Crippen molar-refractivity contribution in [3.8, 4) is 0 Å². The second-order valence-corrected chi connectivity index (χ2v) is 4.83. The Morgan fingerprint density at radius 2 is 1.50 bits per heavy atom. The van der Waals surface area contributed by atoms with Gasteiger partial charge in [-0.1, -0.05) is 17.7 Å². The van der Waals surface area contributed by atoms with Crippen LogP contribution in [-0.2, 0) is 17.6 Å². The van der Waals surface area contributed by atoms with Gasteiger partial charge in [-0.25, -0.2) is 13.2 Å². The second kappa shape index (κ2) is 6.09. The van der Waals surface area contributed by atoms with Gasteiger partial charge in [0.05, 0.1) is 5.02 Å². The van der Waals surface area contributed by atoms with Crippen molar-refractivity contribution < 1.29 is 18.0 Å². The molecule has 0 amide bonds. The molecule has 104 valence electrons. The summed E-state index contributed by atoms with van der Waals surface area (Å²) in [6, 6.07) is 6.95. The van der Waals surface area contributed by atoms with Crippen molar-refractivity contribution in [2.45, 2.75) is 12.8 Å². The molecule has 20 heavy (non-hydrogen) atoms. The Morgan fingerprint density at radius 1 is 0.900 bits per heavy atom. The van der Waals surface area contributed by atoms with Gasteiger partial charge in [0.15, 0.2) is 0 Å². The SMILES string of the molecule is O=C(Cc1cc(F)cc(F)c1)Cc1ccc(F)c(Cl)c1. The topological polar surface area (TPSA) is 17.1 Å². The third-order valence-corrected chi connectivity index (χ3v) is 3.00. The van der Waals surface area contributed by atoms with Crippen LogP contribution in [0.3, 0.4) is 0 Å². The Hall–Kier alpha value is -1.81. The summed E-state index contributed by atoms with van der Waals surface area (Å²) in [5.41, 5.74) is 0.819. The predicted molar refractivity (Wildman–Crippen MR) is 70.2 cm³/mol.